The highest BCUT2D eigenvalue weighted by Gasteiger charge is 2.28. The van der Waals surface area contributed by atoms with Gasteiger partial charge in [-0.25, -0.2) is 0 Å². The third-order valence-corrected chi connectivity index (χ3v) is 5.67. The number of halogens is 1. The van der Waals surface area contributed by atoms with Crippen molar-refractivity contribution in [1.82, 2.24) is 15.5 Å². The molecule has 1 aromatic rings. The maximum absolute atomic E-state index is 13.0. The van der Waals surface area contributed by atoms with Crippen LogP contribution in [0.4, 0.5) is 0 Å². The van der Waals surface area contributed by atoms with E-state index in [0.29, 0.717) is 68.3 Å². The first-order valence-electron chi connectivity index (χ1n) is 10.8. The largest absolute Gasteiger partial charge is 0.491 e. The summed E-state index contributed by atoms with van der Waals surface area (Å²) in [5.41, 5.74) is 0.359. The molecule has 0 aromatic heterocycles. The summed E-state index contributed by atoms with van der Waals surface area (Å²) in [4.78, 5) is 39.8. The van der Waals surface area contributed by atoms with E-state index in [2.05, 4.69) is 10.6 Å². The number of nitrogens with one attached hydrogen (secondary N) is 2. The molecule has 2 N–H and O–H groups in total. The summed E-state index contributed by atoms with van der Waals surface area (Å²) in [5.74, 6) is -0.189. The normalized spacial score (nSPS) is 22.3. The third kappa shape index (κ3) is 6.83. The van der Waals surface area contributed by atoms with Gasteiger partial charge < -0.3 is 25.0 Å². The van der Waals surface area contributed by atoms with Crippen LogP contribution in [0.5, 0.6) is 5.75 Å². The molecule has 1 aromatic carbocycles. The molecule has 1 fully saturated rings. The van der Waals surface area contributed by atoms with Crippen molar-refractivity contribution < 1.29 is 23.9 Å². The molecular formula is C22H30ClN3O5. The van der Waals surface area contributed by atoms with Crippen LogP contribution < -0.4 is 15.4 Å². The zero-order chi connectivity index (χ0) is 22.2. The SMILES string of the molecule is C[C@@H]1COc2ccc(Cl)cc2C(=O)NCCCCN(C(=O)C2CCOCC2)CC(=O)N1. The van der Waals surface area contributed by atoms with E-state index in [4.69, 9.17) is 21.1 Å². The first-order chi connectivity index (χ1) is 14.9. The molecule has 2 aliphatic rings. The second-order valence-corrected chi connectivity index (χ2v) is 8.47. The van der Waals surface area contributed by atoms with Gasteiger partial charge in [0.05, 0.1) is 18.2 Å². The first-order valence-corrected chi connectivity index (χ1v) is 11.2. The molecule has 1 atom stereocenters. The van der Waals surface area contributed by atoms with Crippen molar-refractivity contribution in [3.8, 4) is 5.75 Å². The van der Waals surface area contributed by atoms with Crippen molar-refractivity contribution in [2.24, 2.45) is 5.92 Å². The molecule has 0 saturated carbocycles. The number of nitrogens with zero attached hydrogens (tertiary/aromatic N) is 1. The smallest absolute Gasteiger partial charge is 0.255 e. The first kappa shape index (κ1) is 23.3. The predicted molar refractivity (Wildman–Crippen MR) is 116 cm³/mol. The van der Waals surface area contributed by atoms with Gasteiger partial charge in [-0.15, -0.1) is 0 Å². The number of carbonyl (C=O) groups excluding carboxylic acids is 3. The Labute approximate surface area is 187 Å². The molecule has 3 rings (SSSR count). The Morgan fingerprint density at radius 1 is 1.19 bits per heavy atom. The number of amides is 3. The Kier molecular flexibility index (Phi) is 8.54. The van der Waals surface area contributed by atoms with E-state index >= 15 is 0 Å². The van der Waals surface area contributed by atoms with Gasteiger partial charge in [0.1, 0.15) is 12.4 Å². The zero-order valence-electron chi connectivity index (χ0n) is 17.8. The van der Waals surface area contributed by atoms with Crippen molar-refractivity contribution in [1.29, 1.82) is 0 Å². The standard InChI is InChI=1S/C22H30ClN3O5/c1-15-14-31-19-5-4-17(23)12-18(19)21(28)24-8-2-3-9-26(13-20(27)25-15)22(29)16-6-10-30-11-7-16/h4-5,12,15-16H,2-3,6-11,13-14H2,1H3,(H,24,28)(H,25,27)/t15-/m1/s1. The van der Waals surface area contributed by atoms with Gasteiger partial charge in [0, 0.05) is 37.2 Å². The van der Waals surface area contributed by atoms with Crippen molar-refractivity contribution in [3.05, 3.63) is 28.8 Å². The van der Waals surface area contributed by atoms with Crippen LogP contribution in [0.25, 0.3) is 0 Å². The molecule has 0 spiro atoms. The molecule has 170 valence electrons. The Morgan fingerprint density at radius 3 is 2.74 bits per heavy atom. The number of fused-ring (bicyclic) bond motifs is 1. The van der Waals surface area contributed by atoms with Gasteiger partial charge in [0.2, 0.25) is 11.8 Å². The second-order valence-electron chi connectivity index (χ2n) is 8.03. The van der Waals surface area contributed by atoms with E-state index in [1.54, 1.807) is 23.1 Å². The van der Waals surface area contributed by atoms with Crippen LogP contribution >= 0.6 is 11.6 Å². The van der Waals surface area contributed by atoms with Crippen molar-refractivity contribution in [3.63, 3.8) is 0 Å². The van der Waals surface area contributed by atoms with Gasteiger partial charge in [-0.3, -0.25) is 14.4 Å². The van der Waals surface area contributed by atoms with Crippen LogP contribution in [0.3, 0.4) is 0 Å². The van der Waals surface area contributed by atoms with Crippen LogP contribution in [0.1, 0.15) is 43.0 Å². The number of benzene rings is 1. The summed E-state index contributed by atoms with van der Waals surface area (Å²) in [6.07, 6.45) is 2.71. The van der Waals surface area contributed by atoms with E-state index in [0.717, 1.165) is 0 Å². The van der Waals surface area contributed by atoms with Gasteiger partial charge in [0.25, 0.3) is 5.91 Å². The van der Waals surface area contributed by atoms with E-state index in [-0.39, 0.29) is 42.8 Å². The lowest BCUT2D eigenvalue weighted by Crippen LogP contribution is -2.47. The Balaban J connectivity index is 1.70. The topological polar surface area (TPSA) is 97.0 Å². The molecule has 2 heterocycles. The summed E-state index contributed by atoms with van der Waals surface area (Å²) in [5, 5.41) is 6.21. The molecule has 31 heavy (non-hydrogen) atoms. The molecule has 3 amide bonds. The summed E-state index contributed by atoms with van der Waals surface area (Å²) >= 11 is 6.06. The summed E-state index contributed by atoms with van der Waals surface area (Å²) < 4.78 is 11.1. The van der Waals surface area contributed by atoms with Crippen LogP contribution in [0, 0.1) is 5.92 Å². The van der Waals surface area contributed by atoms with Crippen LogP contribution in [-0.2, 0) is 14.3 Å². The van der Waals surface area contributed by atoms with Gasteiger partial charge in [0.15, 0.2) is 0 Å². The average molecular weight is 452 g/mol. The lowest BCUT2D eigenvalue weighted by atomic mass is 9.98. The number of carbonyl (C=O) groups is 3. The highest BCUT2D eigenvalue weighted by atomic mass is 35.5. The number of ether oxygens (including phenoxy) is 2. The van der Waals surface area contributed by atoms with Gasteiger partial charge in [-0.05, 0) is 50.8 Å². The minimum atomic E-state index is -0.302. The fourth-order valence-corrected chi connectivity index (χ4v) is 3.92. The van der Waals surface area contributed by atoms with E-state index in [1.165, 1.54) is 0 Å². The quantitative estimate of drug-likeness (QED) is 0.680. The minimum Gasteiger partial charge on any atom is -0.491 e. The van der Waals surface area contributed by atoms with Gasteiger partial charge in [-0.2, -0.15) is 0 Å². The zero-order valence-corrected chi connectivity index (χ0v) is 18.6. The lowest BCUT2D eigenvalue weighted by molar-refractivity contribution is -0.142. The molecule has 8 nitrogen and oxygen atoms in total. The van der Waals surface area contributed by atoms with Crippen LogP contribution in [-0.4, -0.2) is 68.1 Å². The highest BCUT2D eigenvalue weighted by Crippen LogP contribution is 2.23. The van der Waals surface area contributed by atoms with Gasteiger partial charge >= 0.3 is 0 Å². The molecule has 2 aliphatic heterocycles. The fourth-order valence-electron chi connectivity index (χ4n) is 3.75. The average Bonchev–Trinajstić information content (AvgIpc) is 2.76. The Bertz CT molecular complexity index is 797. The van der Waals surface area contributed by atoms with Crippen molar-refractivity contribution in [2.75, 3.05) is 39.5 Å². The number of rotatable bonds is 1. The van der Waals surface area contributed by atoms with E-state index < -0.39 is 0 Å². The second kappa shape index (κ2) is 11.3. The van der Waals surface area contributed by atoms with Crippen molar-refractivity contribution >= 4 is 29.3 Å². The molecule has 9 heteroatoms. The highest BCUT2D eigenvalue weighted by molar-refractivity contribution is 6.31. The molecule has 0 bridgehead atoms. The lowest BCUT2D eigenvalue weighted by Gasteiger charge is -2.29. The molecule has 0 unspecified atom stereocenters. The molecular weight excluding hydrogens is 422 g/mol. The Morgan fingerprint density at radius 2 is 1.97 bits per heavy atom. The monoisotopic (exact) mass is 451 g/mol. The number of hydrogen-bond acceptors (Lipinski definition) is 5. The van der Waals surface area contributed by atoms with Gasteiger partial charge in [-0.1, -0.05) is 11.6 Å². The Hall–Kier alpha value is -2.32. The predicted octanol–water partition coefficient (Wildman–Crippen LogP) is 2.00. The van der Waals surface area contributed by atoms with Crippen LogP contribution in [0.2, 0.25) is 5.02 Å². The number of hydrogen-bond donors (Lipinski definition) is 2. The summed E-state index contributed by atoms with van der Waals surface area (Å²) in [6, 6.07) is 4.58. The fraction of sp³-hybridized carbons (Fsp3) is 0.591. The third-order valence-electron chi connectivity index (χ3n) is 5.44. The maximum atomic E-state index is 13.0. The maximum Gasteiger partial charge on any atom is 0.255 e. The minimum absolute atomic E-state index is 0.00208. The summed E-state index contributed by atoms with van der Waals surface area (Å²) in [7, 11) is 0. The van der Waals surface area contributed by atoms with E-state index in [1.807, 2.05) is 6.92 Å². The summed E-state index contributed by atoms with van der Waals surface area (Å²) in [6.45, 7) is 4.07. The molecule has 0 aliphatic carbocycles. The molecule has 0 radical (unpaired) electrons. The van der Waals surface area contributed by atoms with E-state index in [9.17, 15) is 14.4 Å². The van der Waals surface area contributed by atoms with Crippen molar-refractivity contribution in [2.45, 2.75) is 38.6 Å². The van der Waals surface area contributed by atoms with Crippen LogP contribution in [0.15, 0.2) is 18.2 Å². The molecule has 1 saturated heterocycles.